The van der Waals surface area contributed by atoms with E-state index in [4.69, 9.17) is 5.11 Å². The van der Waals surface area contributed by atoms with E-state index >= 15 is 0 Å². The number of hydrogen-bond acceptors (Lipinski definition) is 3. The van der Waals surface area contributed by atoms with Gasteiger partial charge in [-0.25, -0.2) is 4.79 Å². The molecule has 0 aromatic carbocycles. The van der Waals surface area contributed by atoms with Gasteiger partial charge in [-0.2, -0.15) is 4.99 Å². The van der Waals surface area contributed by atoms with Crippen LogP contribution in [0.5, 0.6) is 0 Å². The number of hydrogen-bond donors (Lipinski definition) is 1. The SMILES string of the molecule is CC1=CN2C(=NC(=O)CC2C(=O)O)C=C1. The third kappa shape index (κ3) is 1.68. The molecule has 0 saturated heterocycles. The number of aliphatic imine (C=N–C) groups is 1. The summed E-state index contributed by atoms with van der Waals surface area (Å²) in [6.07, 6.45) is 5.08. The number of fused-ring (bicyclic) bond motifs is 1. The topological polar surface area (TPSA) is 70.0 Å². The lowest BCUT2D eigenvalue weighted by atomic mass is 10.1. The Morgan fingerprint density at radius 3 is 3.00 bits per heavy atom. The molecular weight excluding hydrogens is 196 g/mol. The lowest BCUT2D eigenvalue weighted by molar-refractivity contribution is -0.143. The Bertz CT molecular complexity index is 420. The molecule has 2 aliphatic heterocycles. The molecule has 0 saturated carbocycles. The first-order chi connectivity index (χ1) is 7.08. The number of aliphatic carboxylic acids is 1. The van der Waals surface area contributed by atoms with Gasteiger partial charge in [0, 0.05) is 6.20 Å². The normalized spacial score (nSPS) is 24.5. The summed E-state index contributed by atoms with van der Waals surface area (Å²) in [7, 11) is 0. The van der Waals surface area contributed by atoms with Gasteiger partial charge in [-0.15, -0.1) is 0 Å². The van der Waals surface area contributed by atoms with Crippen molar-refractivity contribution in [3.8, 4) is 0 Å². The molecule has 2 aliphatic rings. The van der Waals surface area contributed by atoms with Crippen LogP contribution in [0.2, 0.25) is 0 Å². The summed E-state index contributed by atoms with van der Waals surface area (Å²) in [5.74, 6) is -0.981. The lowest BCUT2D eigenvalue weighted by Gasteiger charge is -2.31. The van der Waals surface area contributed by atoms with Gasteiger partial charge in [0.1, 0.15) is 11.9 Å². The smallest absolute Gasteiger partial charge is 0.327 e. The minimum absolute atomic E-state index is 0.0730. The molecule has 78 valence electrons. The molecule has 15 heavy (non-hydrogen) atoms. The first-order valence-corrected chi connectivity index (χ1v) is 4.57. The zero-order valence-electron chi connectivity index (χ0n) is 8.17. The predicted octanol–water partition coefficient (Wildman–Crippen LogP) is 0.544. The molecule has 0 aromatic heterocycles. The molecule has 0 aliphatic carbocycles. The van der Waals surface area contributed by atoms with E-state index in [0.717, 1.165) is 5.57 Å². The molecule has 1 N–H and O–H groups in total. The number of amides is 1. The van der Waals surface area contributed by atoms with Gasteiger partial charge < -0.3 is 10.0 Å². The Labute approximate surface area is 86.4 Å². The van der Waals surface area contributed by atoms with Crippen molar-refractivity contribution in [1.82, 2.24) is 4.90 Å². The van der Waals surface area contributed by atoms with Crippen LogP contribution in [-0.2, 0) is 9.59 Å². The highest BCUT2D eigenvalue weighted by Crippen LogP contribution is 2.19. The Kier molecular flexibility index (Phi) is 2.15. The highest BCUT2D eigenvalue weighted by molar-refractivity contribution is 6.07. The monoisotopic (exact) mass is 206 g/mol. The Hall–Kier alpha value is -1.91. The minimum Gasteiger partial charge on any atom is -0.480 e. The van der Waals surface area contributed by atoms with E-state index in [-0.39, 0.29) is 12.3 Å². The highest BCUT2D eigenvalue weighted by atomic mass is 16.4. The summed E-state index contributed by atoms with van der Waals surface area (Å²) in [4.78, 5) is 27.4. The molecule has 0 bridgehead atoms. The third-order valence-corrected chi connectivity index (χ3v) is 2.33. The maximum Gasteiger partial charge on any atom is 0.327 e. The van der Waals surface area contributed by atoms with Crippen molar-refractivity contribution in [1.29, 1.82) is 0 Å². The molecule has 1 unspecified atom stereocenters. The van der Waals surface area contributed by atoms with Gasteiger partial charge in [0.2, 0.25) is 5.91 Å². The van der Waals surface area contributed by atoms with Crippen LogP contribution in [0.15, 0.2) is 28.9 Å². The summed E-state index contributed by atoms with van der Waals surface area (Å²) < 4.78 is 0. The maximum atomic E-state index is 11.2. The Morgan fingerprint density at radius 2 is 2.33 bits per heavy atom. The molecular formula is C10H10N2O3. The molecule has 2 heterocycles. The van der Waals surface area contributed by atoms with Crippen LogP contribution in [-0.4, -0.2) is 33.8 Å². The van der Waals surface area contributed by atoms with Crippen LogP contribution in [0, 0.1) is 0 Å². The molecule has 0 radical (unpaired) electrons. The lowest BCUT2D eigenvalue weighted by Crippen LogP contribution is -2.46. The van der Waals surface area contributed by atoms with E-state index in [2.05, 4.69) is 4.99 Å². The van der Waals surface area contributed by atoms with Crippen LogP contribution in [0.3, 0.4) is 0 Å². The molecule has 0 fully saturated rings. The summed E-state index contributed by atoms with van der Waals surface area (Å²) in [5.41, 5.74) is 0.939. The Morgan fingerprint density at radius 1 is 1.60 bits per heavy atom. The fourth-order valence-electron chi connectivity index (χ4n) is 1.61. The zero-order valence-corrected chi connectivity index (χ0v) is 8.17. The predicted molar refractivity (Wildman–Crippen MR) is 53.2 cm³/mol. The van der Waals surface area contributed by atoms with Crippen molar-refractivity contribution < 1.29 is 14.7 Å². The van der Waals surface area contributed by atoms with E-state index in [1.165, 1.54) is 4.90 Å². The molecule has 0 aromatic rings. The average molecular weight is 206 g/mol. The fourth-order valence-corrected chi connectivity index (χ4v) is 1.61. The number of amidine groups is 1. The van der Waals surface area contributed by atoms with Gasteiger partial charge in [0.15, 0.2) is 0 Å². The van der Waals surface area contributed by atoms with Crippen molar-refractivity contribution in [2.24, 2.45) is 4.99 Å². The molecule has 1 atom stereocenters. The number of carboxylic acid groups (broad SMARTS) is 1. The first kappa shape index (κ1) is 9.64. The number of allylic oxidation sites excluding steroid dienone is 2. The van der Waals surface area contributed by atoms with Crippen LogP contribution in [0.1, 0.15) is 13.3 Å². The van der Waals surface area contributed by atoms with Gasteiger partial charge in [-0.1, -0.05) is 6.08 Å². The molecule has 0 spiro atoms. The van der Waals surface area contributed by atoms with E-state index in [9.17, 15) is 9.59 Å². The summed E-state index contributed by atoms with van der Waals surface area (Å²) in [6, 6.07) is -0.829. The van der Waals surface area contributed by atoms with E-state index in [1.54, 1.807) is 18.4 Å². The van der Waals surface area contributed by atoms with Crippen molar-refractivity contribution in [3.05, 3.63) is 23.9 Å². The molecule has 5 heteroatoms. The van der Waals surface area contributed by atoms with Crippen LogP contribution >= 0.6 is 0 Å². The number of carbonyl (C=O) groups excluding carboxylic acids is 1. The minimum atomic E-state index is -1.00. The zero-order chi connectivity index (χ0) is 11.0. The van der Waals surface area contributed by atoms with E-state index in [0.29, 0.717) is 5.84 Å². The van der Waals surface area contributed by atoms with Crippen molar-refractivity contribution in [2.75, 3.05) is 0 Å². The van der Waals surface area contributed by atoms with Crippen molar-refractivity contribution in [3.63, 3.8) is 0 Å². The Balaban J connectivity index is 2.41. The van der Waals surface area contributed by atoms with Crippen molar-refractivity contribution in [2.45, 2.75) is 19.4 Å². The molecule has 5 nitrogen and oxygen atoms in total. The van der Waals surface area contributed by atoms with E-state index in [1.807, 2.05) is 6.92 Å². The van der Waals surface area contributed by atoms with Gasteiger partial charge >= 0.3 is 5.97 Å². The summed E-state index contributed by atoms with van der Waals surface area (Å²) in [6.45, 7) is 1.86. The highest BCUT2D eigenvalue weighted by Gasteiger charge is 2.33. The molecule has 2 rings (SSSR count). The maximum absolute atomic E-state index is 11.2. The number of carbonyl (C=O) groups is 2. The standard InChI is InChI=1S/C10H10N2O3/c1-6-2-3-8-11-9(13)4-7(10(14)15)12(8)5-6/h2-3,5,7H,4H2,1H3,(H,14,15). The van der Waals surface area contributed by atoms with Crippen LogP contribution in [0.4, 0.5) is 0 Å². The van der Waals surface area contributed by atoms with Gasteiger partial charge in [0.25, 0.3) is 0 Å². The second-order valence-electron chi connectivity index (χ2n) is 3.54. The average Bonchev–Trinajstić information content (AvgIpc) is 2.17. The molecule has 1 amide bonds. The quantitative estimate of drug-likeness (QED) is 0.680. The van der Waals surface area contributed by atoms with Gasteiger partial charge in [-0.3, -0.25) is 4.79 Å². The largest absolute Gasteiger partial charge is 0.480 e. The number of rotatable bonds is 1. The second-order valence-corrected chi connectivity index (χ2v) is 3.54. The van der Waals surface area contributed by atoms with Crippen molar-refractivity contribution >= 4 is 17.7 Å². The number of nitrogens with zero attached hydrogens (tertiary/aromatic N) is 2. The second kappa shape index (κ2) is 3.34. The summed E-state index contributed by atoms with van der Waals surface area (Å²) in [5, 5.41) is 8.98. The van der Waals surface area contributed by atoms with Crippen LogP contribution < -0.4 is 0 Å². The van der Waals surface area contributed by atoms with Gasteiger partial charge in [0.05, 0.1) is 6.42 Å². The first-order valence-electron chi connectivity index (χ1n) is 4.57. The summed E-state index contributed by atoms with van der Waals surface area (Å²) >= 11 is 0. The third-order valence-electron chi connectivity index (χ3n) is 2.33. The van der Waals surface area contributed by atoms with Gasteiger partial charge in [-0.05, 0) is 18.6 Å². The van der Waals surface area contributed by atoms with E-state index < -0.39 is 12.0 Å². The number of carboxylic acids is 1. The fraction of sp³-hybridized carbons (Fsp3) is 0.300. The van der Waals surface area contributed by atoms with Crippen LogP contribution in [0.25, 0.3) is 0 Å².